The summed E-state index contributed by atoms with van der Waals surface area (Å²) in [7, 11) is 0. The first-order valence-electron chi connectivity index (χ1n) is 5.50. The van der Waals surface area contributed by atoms with Gasteiger partial charge in [-0.15, -0.1) is 0 Å². The number of hydrogen-bond donors (Lipinski definition) is 2. The highest BCUT2D eigenvalue weighted by Crippen LogP contribution is 2.31. The molecule has 0 unspecified atom stereocenters. The molecular formula is C12H15BrN2O. The van der Waals surface area contributed by atoms with Gasteiger partial charge in [0.15, 0.2) is 0 Å². The molecule has 4 heteroatoms. The highest BCUT2D eigenvalue weighted by molar-refractivity contribution is 9.10. The van der Waals surface area contributed by atoms with Crippen LogP contribution in [-0.4, -0.2) is 12.5 Å². The summed E-state index contributed by atoms with van der Waals surface area (Å²) < 4.78 is 0.888. The lowest BCUT2D eigenvalue weighted by Crippen LogP contribution is -2.25. The van der Waals surface area contributed by atoms with Crippen LogP contribution in [0, 0.1) is 5.92 Å². The third-order valence-electron chi connectivity index (χ3n) is 2.79. The number of halogens is 1. The van der Waals surface area contributed by atoms with Gasteiger partial charge in [0.25, 0.3) is 5.91 Å². The van der Waals surface area contributed by atoms with Gasteiger partial charge in [-0.2, -0.15) is 0 Å². The van der Waals surface area contributed by atoms with Gasteiger partial charge in [0.2, 0.25) is 0 Å². The summed E-state index contributed by atoms with van der Waals surface area (Å²) in [5, 5.41) is 2.90. The number of amides is 1. The molecule has 1 fully saturated rings. The largest absolute Gasteiger partial charge is 0.398 e. The molecule has 86 valence electrons. The smallest absolute Gasteiger partial charge is 0.253 e. The molecule has 3 N–H and O–H groups in total. The molecule has 1 aliphatic carbocycles. The third kappa shape index (κ3) is 2.98. The maximum absolute atomic E-state index is 11.8. The van der Waals surface area contributed by atoms with Crippen LogP contribution in [0.15, 0.2) is 22.7 Å². The van der Waals surface area contributed by atoms with Gasteiger partial charge < -0.3 is 11.1 Å². The molecular weight excluding hydrogens is 268 g/mol. The number of nitrogens with one attached hydrogen (secondary N) is 1. The van der Waals surface area contributed by atoms with E-state index in [4.69, 9.17) is 5.73 Å². The van der Waals surface area contributed by atoms with Crippen LogP contribution in [0.5, 0.6) is 0 Å². The summed E-state index contributed by atoms with van der Waals surface area (Å²) in [6.07, 6.45) is 3.72. The molecule has 0 aromatic heterocycles. The third-order valence-corrected chi connectivity index (χ3v) is 3.29. The Hall–Kier alpha value is -1.03. The second-order valence-corrected chi connectivity index (χ2v) is 5.14. The Morgan fingerprint density at radius 1 is 1.50 bits per heavy atom. The van der Waals surface area contributed by atoms with Crippen LogP contribution in [0.1, 0.15) is 29.6 Å². The average molecular weight is 283 g/mol. The van der Waals surface area contributed by atoms with Crippen LogP contribution in [0.4, 0.5) is 5.69 Å². The van der Waals surface area contributed by atoms with E-state index in [2.05, 4.69) is 21.2 Å². The topological polar surface area (TPSA) is 55.1 Å². The van der Waals surface area contributed by atoms with Gasteiger partial charge in [-0.1, -0.05) is 28.8 Å². The van der Waals surface area contributed by atoms with Crippen molar-refractivity contribution in [2.24, 2.45) is 5.92 Å². The maximum atomic E-state index is 11.8. The van der Waals surface area contributed by atoms with Crippen LogP contribution < -0.4 is 11.1 Å². The normalized spacial score (nSPS) is 14.8. The molecule has 3 nitrogen and oxygen atoms in total. The second kappa shape index (κ2) is 4.87. The van der Waals surface area contributed by atoms with Crippen LogP contribution >= 0.6 is 15.9 Å². The molecule has 1 aromatic rings. The minimum absolute atomic E-state index is 0.0781. The van der Waals surface area contributed by atoms with Crippen molar-refractivity contribution < 1.29 is 4.79 Å². The molecule has 2 rings (SSSR count). The molecule has 0 spiro atoms. The van der Waals surface area contributed by atoms with Crippen molar-refractivity contribution >= 4 is 27.5 Å². The molecule has 1 aromatic carbocycles. The van der Waals surface area contributed by atoms with Crippen molar-refractivity contribution in [3.63, 3.8) is 0 Å². The van der Waals surface area contributed by atoms with E-state index in [0.717, 1.165) is 23.4 Å². The fraction of sp³-hybridized carbons (Fsp3) is 0.417. The van der Waals surface area contributed by atoms with E-state index in [1.54, 1.807) is 12.1 Å². The Bertz CT molecular complexity index is 402. The van der Waals surface area contributed by atoms with E-state index in [0.29, 0.717) is 11.3 Å². The number of nitrogens with two attached hydrogens (primary N) is 1. The molecule has 1 aliphatic rings. The van der Waals surface area contributed by atoms with E-state index < -0.39 is 0 Å². The summed E-state index contributed by atoms with van der Waals surface area (Å²) in [6, 6.07) is 5.31. The minimum Gasteiger partial charge on any atom is -0.398 e. The number of nitrogen functional groups attached to an aromatic ring is 1. The molecule has 0 heterocycles. The van der Waals surface area contributed by atoms with Crippen molar-refractivity contribution in [1.82, 2.24) is 5.32 Å². The van der Waals surface area contributed by atoms with E-state index in [1.807, 2.05) is 6.07 Å². The summed E-state index contributed by atoms with van der Waals surface area (Å²) >= 11 is 3.31. The zero-order chi connectivity index (χ0) is 11.5. The van der Waals surface area contributed by atoms with Crippen LogP contribution in [0.3, 0.4) is 0 Å². The molecule has 0 radical (unpaired) electrons. The highest BCUT2D eigenvalue weighted by Gasteiger charge is 2.20. The van der Waals surface area contributed by atoms with E-state index in [1.165, 1.54) is 12.8 Å². The Kier molecular flexibility index (Phi) is 3.49. The number of carbonyl (C=O) groups excluding carboxylic acids is 1. The zero-order valence-corrected chi connectivity index (χ0v) is 10.6. The van der Waals surface area contributed by atoms with Crippen molar-refractivity contribution in [1.29, 1.82) is 0 Å². The molecule has 0 aliphatic heterocycles. The fourth-order valence-corrected chi connectivity index (χ4v) is 2.01. The van der Waals surface area contributed by atoms with Gasteiger partial charge in [0.1, 0.15) is 0 Å². The van der Waals surface area contributed by atoms with Crippen molar-refractivity contribution in [3.05, 3.63) is 28.2 Å². The number of rotatable bonds is 4. The lowest BCUT2D eigenvalue weighted by Gasteiger charge is -2.07. The standard InChI is InChI=1S/C12H15BrN2O/c13-9-3-4-10(11(14)7-9)12(16)15-6-5-8-1-2-8/h3-4,7-8H,1-2,5-6,14H2,(H,15,16). The van der Waals surface area contributed by atoms with Crippen LogP contribution in [0.2, 0.25) is 0 Å². The first kappa shape index (κ1) is 11.5. The summed E-state index contributed by atoms with van der Waals surface area (Å²) in [5.41, 5.74) is 6.84. The van der Waals surface area contributed by atoms with E-state index in [9.17, 15) is 4.79 Å². The van der Waals surface area contributed by atoms with Crippen molar-refractivity contribution in [2.75, 3.05) is 12.3 Å². The van der Waals surface area contributed by atoms with Gasteiger partial charge in [0.05, 0.1) is 5.56 Å². The Balaban J connectivity index is 1.91. The molecule has 16 heavy (non-hydrogen) atoms. The van der Waals surface area contributed by atoms with Gasteiger partial charge >= 0.3 is 0 Å². The van der Waals surface area contributed by atoms with Gasteiger partial charge in [-0.05, 0) is 30.5 Å². The fourth-order valence-electron chi connectivity index (χ4n) is 1.63. The molecule has 1 saturated carbocycles. The second-order valence-electron chi connectivity index (χ2n) is 4.22. The number of hydrogen-bond acceptors (Lipinski definition) is 2. The Morgan fingerprint density at radius 3 is 2.88 bits per heavy atom. The van der Waals surface area contributed by atoms with Gasteiger partial charge in [-0.3, -0.25) is 4.79 Å². The van der Waals surface area contributed by atoms with Gasteiger partial charge in [0, 0.05) is 16.7 Å². The maximum Gasteiger partial charge on any atom is 0.253 e. The summed E-state index contributed by atoms with van der Waals surface area (Å²) in [4.78, 5) is 11.8. The van der Waals surface area contributed by atoms with E-state index in [-0.39, 0.29) is 5.91 Å². The molecule has 0 atom stereocenters. The molecule has 0 saturated heterocycles. The summed E-state index contributed by atoms with van der Waals surface area (Å²) in [5.74, 6) is 0.758. The van der Waals surface area contributed by atoms with Crippen molar-refractivity contribution in [3.8, 4) is 0 Å². The first-order valence-corrected chi connectivity index (χ1v) is 6.29. The van der Waals surface area contributed by atoms with Gasteiger partial charge in [-0.25, -0.2) is 0 Å². The number of benzene rings is 1. The average Bonchev–Trinajstić information content (AvgIpc) is 3.01. The van der Waals surface area contributed by atoms with E-state index >= 15 is 0 Å². The minimum atomic E-state index is -0.0781. The zero-order valence-electron chi connectivity index (χ0n) is 9.00. The molecule has 1 amide bonds. The van der Waals surface area contributed by atoms with Crippen molar-refractivity contribution in [2.45, 2.75) is 19.3 Å². The lowest BCUT2D eigenvalue weighted by atomic mass is 10.1. The highest BCUT2D eigenvalue weighted by atomic mass is 79.9. The number of carbonyl (C=O) groups is 1. The Labute approximate surface area is 104 Å². The SMILES string of the molecule is Nc1cc(Br)ccc1C(=O)NCCC1CC1. The summed E-state index contributed by atoms with van der Waals surface area (Å²) in [6.45, 7) is 0.749. The Morgan fingerprint density at radius 2 is 2.25 bits per heavy atom. The quantitative estimate of drug-likeness (QED) is 0.834. The predicted molar refractivity (Wildman–Crippen MR) is 68.2 cm³/mol. The molecule has 0 bridgehead atoms. The van der Waals surface area contributed by atoms with Crippen LogP contribution in [-0.2, 0) is 0 Å². The van der Waals surface area contributed by atoms with Crippen LogP contribution in [0.25, 0.3) is 0 Å². The monoisotopic (exact) mass is 282 g/mol. The first-order chi connectivity index (χ1) is 7.66. The lowest BCUT2D eigenvalue weighted by molar-refractivity contribution is 0.0953. The number of anilines is 1. The predicted octanol–water partition coefficient (Wildman–Crippen LogP) is 2.56.